The second-order valence-corrected chi connectivity index (χ2v) is 5.76. The highest BCUT2D eigenvalue weighted by atomic mass is 16.3. The van der Waals surface area contributed by atoms with Gasteiger partial charge >= 0.3 is 0 Å². The number of carbonyl (C=O) groups excluding carboxylic acids is 1. The van der Waals surface area contributed by atoms with E-state index in [1.807, 2.05) is 50.2 Å². The predicted molar refractivity (Wildman–Crippen MR) is 81.9 cm³/mol. The van der Waals surface area contributed by atoms with Gasteiger partial charge in [0.25, 0.3) is 0 Å². The molecule has 5 heteroatoms. The van der Waals surface area contributed by atoms with Crippen LogP contribution in [0.2, 0.25) is 0 Å². The van der Waals surface area contributed by atoms with Gasteiger partial charge in [0.1, 0.15) is 0 Å². The molecule has 112 valence electrons. The van der Waals surface area contributed by atoms with Crippen molar-refractivity contribution < 1.29 is 9.90 Å². The minimum Gasteiger partial charge on any atom is -0.388 e. The van der Waals surface area contributed by atoms with E-state index in [-0.39, 0.29) is 12.5 Å². The number of amides is 1. The Bertz CT molecular complexity index is 444. The van der Waals surface area contributed by atoms with Crippen molar-refractivity contribution >= 4 is 11.6 Å². The average Bonchev–Trinajstić information content (AvgIpc) is 2.26. The van der Waals surface area contributed by atoms with Crippen LogP contribution in [-0.2, 0) is 4.79 Å². The van der Waals surface area contributed by atoms with Crippen molar-refractivity contribution in [3.8, 4) is 0 Å². The summed E-state index contributed by atoms with van der Waals surface area (Å²) in [4.78, 5) is 13.7. The lowest BCUT2D eigenvalue weighted by atomic mass is 10.1. The molecule has 0 aliphatic heterocycles. The smallest absolute Gasteiger partial charge is 0.238 e. The monoisotopic (exact) mass is 279 g/mol. The Morgan fingerprint density at radius 2 is 2.10 bits per heavy atom. The van der Waals surface area contributed by atoms with Gasteiger partial charge < -0.3 is 20.6 Å². The largest absolute Gasteiger partial charge is 0.388 e. The summed E-state index contributed by atoms with van der Waals surface area (Å²) in [6.07, 6.45) is 0. The number of aliphatic hydroxyl groups is 1. The van der Waals surface area contributed by atoms with Gasteiger partial charge in [-0.3, -0.25) is 4.79 Å². The predicted octanol–water partition coefficient (Wildman–Crippen LogP) is 0.836. The molecule has 1 rings (SSSR count). The number of hydrogen-bond acceptors (Lipinski definition) is 4. The van der Waals surface area contributed by atoms with Gasteiger partial charge in [0.05, 0.1) is 12.1 Å². The molecule has 3 N–H and O–H groups in total. The molecule has 5 nitrogen and oxygen atoms in total. The molecule has 0 heterocycles. The SMILES string of the molecule is Cc1cccc(NC(=O)CNCC(C)(O)CN(C)C)c1. The van der Waals surface area contributed by atoms with Crippen LogP contribution >= 0.6 is 0 Å². The maximum Gasteiger partial charge on any atom is 0.238 e. The first kappa shape index (κ1) is 16.6. The summed E-state index contributed by atoms with van der Waals surface area (Å²) in [5.41, 5.74) is 1.04. The molecule has 0 bridgehead atoms. The summed E-state index contributed by atoms with van der Waals surface area (Å²) in [6.45, 7) is 4.81. The molecule has 1 unspecified atom stereocenters. The van der Waals surface area contributed by atoms with Gasteiger partial charge in [-0.1, -0.05) is 12.1 Å². The van der Waals surface area contributed by atoms with Crippen molar-refractivity contribution in [2.24, 2.45) is 0 Å². The first-order valence-corrected chi connectivity index (χ1v) is 6.73. The van der Waals surface area contributed by atoms with Crippen molar-refractivity contribution in [3.05, 3.63) is 29.8 Å². The molecular formula is C15H25N3O2. The fourth-order valence-electron chi connectivity index (χ4n) is 2.11. The normalized spacial score (nSPS) is 14.1. The number of benzene rings is 1. The summed E-state index contributed by atoms with van der Waals surface area (Å²) < 4.78 is 0. The van der Waals surface area contributed by atoms with E-state index in [0.29, 0.717) is 13.1 Å². The van der Waals surface area contributed by atoms with Crippen molar-refractivity contribution in [2.75, 3.05) is 39.0 Å². The van der Waals surface area contributed by atoms with Crippen molar-refractivity contribution in [2.45, 2.75) is 19.4 Å². The Hall–Kier alpha value is -1.43. The lowest BCUT2D eigenvalue weighted by molar-refractivity contribution is -0.115. The van der Waals surface area contributed by atoms with E-state index in [1.165, 1.54) is 0 Å². The molecule has 1 atom stereocenters. The van der Waals surface area contributed by atoms with Gasteiger partial charge in [-0.05, 0) is 45.6 Å². The number of anilines is 1. The first-order valence-electron chi connectivity index (χ1n) is 6.73. The number of nitrogens with zero attached hydrogens (tertiary/aromatic N) is 1. The number of carbonyl (C=O) groups is 1. The first-order chi connectivity index (χ1) is 9.28. The summed E-state index contributed by atoms with van der Waals surface area (Å²) in [7, 11) is 3.80. The van der Waals surface area contributed by atoms with E-state index in [0.717, 1.165) is 11.3 Å². The van der Waals surface area contributed by atoms with Crippen LogP contribution in [0, 0.1) is 6.92 Å². The summed E-state index contributed by atoms with van der Waals surface area (Å²) in [5, 5.41) is 15.9. The lowest BCUT2D eigenvalue weighted by Crippen LogP contribution is -2.47. The van der Waals surface area contributed by atoms with E-state index in [2.05, 4.69) is 10.6 Å². The van der Waals surface area contributed by atoms with Gasteiger partial charge in [-0.2, -0.15) is 0 Å². The van der Waals surface area contributed by atoms with E-state index in [1.54, 1.807) is 6.92 Å². The molecular weight excluding hydrogens is 254 g/mol. The second-order valence-electron chi connectivity index (χ2n) is 5.76. The molecule has 1 aromatic rings. The molecule has 0 spiro atoms. The fourth-order valence-corrected chi connectivity index (χ4v) is 2.11. The Morgan fingerprint density at radius 3 is 2.70 bits per heavy atom. The van der Waals surface area contributed by atoms with Gasteiger partial charge in [0.15, 0.2) is 0 Å². The average molecular weight is 279 g/mol. The Labute approximate surface area is 121 Å². The molecule has 1 aromatic carbocycles. The van der Waals surface area contributed by atoms with Crippen LogP contribution in [0.25, 0.3) is 0 Å². The highest BCUT2D eigenvalue weighted by molar-refractivity contribution is 5.92. The summed E-state index contributed by atoms with van der Waals surface area (Å²) in [5.74, 6) is -0.115. The zero-order valence-electron chi connectivity index (χ0n) is 12.7. The number of rotatable bonds is 7. The third-order valence-corrected chi connectivity index (χ3v) is 2.75. The molecule has 0 aromatic heterocycles. The third kappa shape index (κ3) is 6.65. The van der Waals surface area contributed by atoms with Gasteiger partial charge in [0, 0.05) is 18.8 Å². The maximum absolute atomic E-state index is 11.8. The zero-order valence-corrected chi connectivity index (χ0v) is 12.7. The number of aryl methyl sites for hydroxylation is 1. The topological polar surface area (TPSA) is 64.6 Å². The van der Waals surface area contributed by atoms with Crippen molar-refractivity contribution in [3.63, 3.8) is 0 Å². The number of nitrogens with one attached hydrogen (secondary N) is 2. The van der Waals surface area contributed by atoms with E-state index < -0.39 is 5.60 Å². The summed E-state index contributed by atoms with van der Waals surface area (Å²) >= 11 is 0. The van der Waals surface area contributed by atoms with E-state index in [9.17, 15) is 9.90 Å². The lowest BCUT2D eigenvalue weighted by Gasteiger charge is -2.27. The van der Waals surface area contributed by atoms with Crippen LogP contribution < -0.4 is 10.6 Å². The molecule has 0 saturated carbocycles. The molecule has 0 aliphatic rings. The van der Waals surface area contributed by atoms with Crippen LogP contribution in [0.1, 0.15) is 12.5 Å². The van der Waals surface area contributed by atoms with Crippen molar-refractivity contribution in [1.29, 1.82) is 0 Å². The van der Waals surface area contributed by atoms with Gasteiger partial charge in [0.2, 0.25) is 5.91 Å². The highest BCUT2D eigenvalue weighted by Crippen LogP contribution is 2.09. The minimum absolute atomic E-state index is 0.115. The highest BCUT2D eigenvalue weighted by Gasteiger charge is 2.20. The molecule has 20 heavy (non-hydrogen) atoms. The second kappa shape index (κ2) is 7.38. The Morgan fingerprint density at radius 1 is 1.40 bits per heavy atom. The zero-order chi connectivity index (χ0) is 15.2. The Kier molecular flexibility index (Phi) is 6.13. The van der Waals surface area contributed by atoms with Gasteiger partial charge in [-0.15, -0.1) is 0 Å². The van der Waals surface area contributed by atoms with Gasteiger partial charge in [-0.25, -0.2) is 0 Å². The molecule has 1 amide bonds. The molecule has 0 aliphatic carbocycles. The number of likely N-dealkylation sites (N-methyl/N-ethyl adjacent to an activating group) is 1. The Balaban J connectivity index is 2.33. The van der Waals surface area contributed by atoms with Crippen LogP contribution in [0.5, 0.6) is 0 Å². The maximum atomic E-state index is 11.8. The summed E-state index contributed by atoms with van der Waals surface area (Å²) in [6, 6.07) is 7.65. The fraction of sp³-hybridized carbons (Fsp3) is 0.533. The molecule has 0 radical (unpaired) electrons. The van der Waals surface area contributed by atoms with E-state index in [4.69, 9.17) is 0 Å². The third-order valence-electron chi connectivity index (χ3n) is 2.75. The van der Waals surface area contributed by atoms with Crippen LogP contribution in [0.4, 0.5) is 5.69 Å². The van der Waals surface area contributed by atoms with Crippen LogP contribution in [0.15, 0.2) is 24.3 Å². The molecule has 0 saturated heterocycles. The van der Waals surface area contributed by atoms with E-state index >= 15 is 0 Å². The van der Waals surface area contributed by atoms with Crippen LogP contribution in [-0.4, -0.2) is 55.2 Å². The number of hydrogen-bond donors (Lipinski definition) is 3. The molecule has 0 fully saturated rings. The minimum atomic E-state index is -0.854. The van der Waals surface area contributed by atoms with Crippen LogP contribution in [0.3, 0.4) is 0 Å². The quantitative estimate of drug-likeness (QED) is 0.692. The standard InChI is InChI=1S/C15H25N3O2/c1-12-6-5-7-13(8-12)17-14(19)9-16-10-15(2,20)11-18(3)4/h5-8,16,20H,9-11H2,1-4H3,(H,17,19). The van der Waals surface area contributed by atoms with Crippen molar-refractivity contribution in [1.82, 2.24) is 10.2 Å².